The van der Waals surface area contributed by atoms with Crippen LogP contribution < -0.4 is 0 Å². The van der Waals surface area contributed by atoms with E-state index < -0.39 is 0 Å². The molecule has 0 amide bonds. The molecule has 1 spiro atoms. The Morgan fingerprint density at radius 1 is 1.27 bits per heavy atom. The van der Waals surface area contributed by atoms with Crippen molar-refractivity contribution in [2.45, 2.75) is 19.4 Å². The van der Waals surface area contributed by atoms with Gasteiger partial charge in [-0.1, -0.05) is 38.2 Å². The summed E-state index contributed by atoms with van der Waals surface area (Å²) in [6.07, 6.45) is 8.75. The van der Waals surface area contributed by atoms with Crippen LogP contribution in [-0.4, -0.2) is 25.9 Å². The van der Waals surface area contributed by atoms with E-state index in [1.165, 1.54) is 0 Å². The Hall–Kier alpha value is -0.600. The molecule has 3 unspecified atom stereocenters. The zero-order valence-electron chi connectivity index (χ0n) is 9.62. The molecule has 3 rings (SSSR count). The van der Waals surface area contributed by atoms with Crippen molar-refractivity contribution in [3.05, 3.63) is 24.3 Å². The molecule has 0 bridgehead atoms. The summed E-state index contributed by atoms with van der Waals surface area (Å²) in [6, 6.07) is 0. The Kier molecular flexibility index (Phi) is 1.64. The van der Waals surface area contributed by atoms with Crippen LogP contribution in [0.2, 0.25) is 0 Å². The standard InChI is InChI=1S/C13H18O2/c1-11(2)10-8-15-9-12(10)6-4-5-7-13(11,12)14-3/h4-7,10H,8-9H2,1-3H3. The van der Waals surface area contributed by atoms with Gasteiger partial charge >= 0.3 is 0 Å². The number of hydrogen-bond acceptors (Lipinski definition) is 2. The second-order valence-electron chi connectivity index (χ2n) is 5.49. The van der Waals surface area contributed by atoms with E-state index in [1.807, 2.05) is 7.11 Å². The maximum absolute atomic E-state index is 5.88. The van der Waals surface area contributed by atoms with Crippen LogP contribution >= 0.6 is 0 Å². The van der Waals surface area contributed by atoms with Gasteiger partial charge in [-0.05, 0) is 0 Å². The summed E-state index contributed by atoms with van der Waals surface area (Å²) in [4.78, 5) is 0. The molecular formula is C13H18O2. The van der Waals surface area contributed by atoms with Gasteiger partial charge in [0, 0.05) is 18.4 Å². The van der Waals surface area contributed by atoms with E-state index in [0.717, 1.165) is 13.2 Å². The molecule has 0 aromatic rings. The van der Waals surface area contributed by atoms with Crippen molar-refractivity contribution in [1.82, 2.24) is 0 Å². The lowest BCUT2D eigenvalue weighted by atomic mass is 9.37. The molecule has 2 heteroatoms. The molecule has 0 aromatic carbocycles. The molecule has 0 aromatic heterocycles. The second kappa shape index (κ2) is 2.55. The van der Waals surface area contributed by atoms with Gasteiger partial charge < -0.3 is 9.47 Å². The van der Waals surface area contributed by atoms with Gasteiger partial charge in [0.2, 0.25) is 0 Å². The molecule has 82 valence electrons. The van der Waals surface area contributed by atoms with Gasteiger partial charge in [0.1, 0.15) is 5.60 Å². The molecule has 15 heavy (non-hydrogen) atoms. The predicted octanol–water partition coefficient (Wildman–Crippen LogP) is 2.17. The summed E-state index contributed by atoms with van der Waals surface area (Å²) in [7, 11) is 1.82. The molecular weight excluding hydrogens is 188 g/mol. The molecule has 1 aliphatic heterocycles. The molecule has 2 nitrogen and oxygen atoms in total. The Morgan fingerprint density at radius 3 is 2.73 bits per heavy atom. The number of rotatable bonds is 1. The highest BCUT2D eigenvalue weighted by atomic mass is 16.5. The molecule has 3 aliphatic rings. The van der Waals surface area contributed by atoms with E-state index in [4.69, 9.17) is 9.47 Å². The normalized spacial score (nSPS) is 49.7. The maximum atomic E-state index is 5.88. The van der Waals surface area contributed by atoms with Gasteiger partial charge in [0.15, 0.2) is 0 Å². The van der Waals surface area contributed by atoms with Gasteiger partial charge in [0.25, 0.3) is 0 Å². The molecule has 1 saturated carbocycles. The predicted molar refractivity (Wildman–Crippen MR) is 58.5 cm³/mol. The first-order valence-electron chi connectivity index (χ1n) is 5.61. The quantitative estimate of drug-likeness (QED) is 0.654. The fraction of sp³-hybridized carbons (Fsp3) is 0.692. The zero-order chi connectivity index (χ0) is 10.7. The van der Waals surface area contributed by atoms with Crippen molar-refractivity contribution < 1.29 is 9.47 Å². The van der Waals surface area contributed by atoms with Gasteiger partial charge in [-0.2, -0.15) is 0 Å². The molecule has 2 fully saturated rings. The molecule has 3 atom stereocenters. The van der Waals surface area contributed by atoms with Crippen LogP contribution in [0.15, 0.2) is 24.3 Å². The van der Waals surface area contributed by atoms with Crippen LogP contribution in [0.5, 0.6) is 0 Å². The van der Waals surface area contributed by atoms with Gasteiger partial charge in [-0.25, -0.2) is 0 Å². The van der Waals surface area contributed by atoms with Crippen LogP contribution in [0.3, 0.4) is 0 Å². The van der Waals surface area contributed by atoms with Gasteiger partial charge in [0.05, 0.1) is 18.6 Å². The minimum Gasteiger partial charge on any atom is -0.380 e. The average molecular weight is 206 g/mol. The fourth-order valence-corrected chi connectivity index (χ4v) is 4.19. The molecule has 1 saturated heterocycles. The van der Waals surface area contributed by atoms with Crippen LogP contribution in [0.4, 0.5) is 0 Å². The topological polar surface area (TPSA) is 18.5 Å². The fourth-order valence-electron chi connectivity index (χ4n) is 4.19. The summed E-state index contributed by atoms with van der Waals surface area (Å²) in [5.41, 5.74) is 0.107. The first-order valence-corrected chi connectivity index (χ1v) is 5.61. The summed E-state index contributed by atoms with van der Waals surface area (Å²) < 4.78 is 11.6. The largest absolute Gasteiger partial charge is 0.380 e. The van der Waals surface area contributed by atoms with Crippen LogP contribution in [-0.2, 0) is 9.47 Å². The van der Waals surface area contributed by atoms with E-state index in [1.54, 1.807) is 0 Å². The lowest BCUT2D eigenvalue weighted by Crippen LogP contribution is -2.74. The number of hydrogen-bond donors (Lipinski definition) is 0. The lowest BCUT2D eigenvalue weighted by molar-refractivity contribution is -0.253. The molecule has 0 radical (unpaired) electrons. The Labute approximate surface area is 90.9 Å². The minimum absolute atomic E-state index is 0.0972. The van der Waals surface area contributed by atoms with Crippen LogP contribution in [0.1, 0.15) is 13.8 Å². The minimum atomic E-state index is -0.157. The van der Waals surface area contributed by atoms with E-state index in [9.17, 15) is 0 Å². The van der Waals surface area contributed by atoms with Crippen LogP contribution in [0, 0.1) is 16.7 Å². The number of allylic oxidation sites excluding steroid dienone is 2. The van der Waals surface area contributed by atoms with E-state index >= 15 is 0 Å². The second-order valence-corrected chi connectivity index (χ2v) is 5.49. The van der Waals surface area contributed by atoms with Crippen molar-refractivity contribution >= 4 is 0 Å². The SMILES string of the molecule is COC12C=CC=CC13COCC3C2(C)C. The lowest BCUT2D eigenvalue weighted by Gasteiger charge is -2.69. The third-order valence-corrected chi connectivity index (χ3v) is 4.92. The third kappa shape index (κ3) is 0.743. The van der Waals surface area contributed by atoms with Gasteiger partial charge in [-0.3, -0.25) is 0 Å². The van der Waals surface area contributed by atoms with E-state index in [-0.39, 0.29) is 16.4 Å². The van der Waals surface area contributed by atoms with Crippen molar-refractivity contribution in [2.75, 3.05) is 20.3 Å². The highest BCUT2D eigenvalue weighted by molar-refractivity contribution is 5.41. The summed E-state index contributed by atoms with van der Waals surface area (Å²) in [6.45, 7) is 6.25. The Morgan fingerprint density at radius 2 is 2.00 bits per heavy atom. The summed E-state index contributed by atoms with van der Waals surface area (Å²) in [5, 5.41) is 0. The highest BCUT2D eigenvalue weighted by Crippen LogP contribution is 2.71. The highest BCUT2D eigenvalue weighted by Gasteiger charge is 2.77. The van der Waals surface area contributed by atoms with Gasteiger partial charge in [-0.15, -0.1) is 0 Å². The third-order valence-electron chi connectivity index (χ3n) is 4.92. The monoisotopic (exact) mass is 206 g/mol. The van der Waals surface area contributed by atoms with Crippen LogP contribution in [0.25, 0.3) is 0 Å². The van der Waals surface area contributed by atoms with E-state index in [0.29, 0.717) is 5.92 Å². The zero-order valence-corrected chi connectivity index (χ0v) is 9.62. The van der Waals surface area contributed by atoms with Crippen molar-refractivity contribution in [2.24, 2.45) is 16.7 Å². The van der Waals surface area contributed by atoms with Crippen molar-refractivity contribution in [3.8, 4) is 0 Å². The summed E-state index contributed by atoms with van der Waals surface area (Å²) >= 11 is 0. The van der Waals surface area contributed by atoms with Crippen molar-refractivity contribution in [1.29, 1.82) is 0 Å². The number of ether oxygens (including phenoxy) is 2. The Bertz CT molecular complexity index is 356. The average Bonchev–Trinajstić information content (AvgIpc) is 2.60. The van der Waals surface area contributed by atoms with E-state index in [2.05, 4.69) is 38.2 Å². The van der Waals surface area contributed by atoms with Crippen molar-refractivity contribution in [3.63, 3.8) is 0 Å². The first kappa shape index (κ1) is 9.61. The smallest absolute Gasteiger partial charge is 0.103 e. The molecule has 0 N–H and O–H groups in total. The summed E-state index contributed by atoms with van der Waals surface area (Å²) in [5.74, 6) is 0.589. The Balaban J connectivity index is 2.15. The number of methoxy groups -OCH3 is 1. The first-order chi connectivity index (χ1) is 7.11. The maximum Gasteiger partial charge on any atom is 0.103 e. The molecule has 1 heterocycles. The molecule has 2 aliphatic carbocycles.